The molecule has 0 aromatic heterocycles. The molecule has 1 aromatic rings. The lowest BCUT2D eigenvalue weighted by atomic mass is 10.1. The van der Waals surface area contributed by atoms with Crippen molar-refractivity contribution in [2.75, 3.05) is 0 Å². The number of fused-ring (bicyclic) bond motifs is 1. The molecule has 0 spiro atoms. The number of benzene rings is 1. The van der Waals surface area contributed by atoms with Crippen LogP contribution in [-0.2, 0) is 4.74 Å². The first-order valence-corrected chi connectivity index (χ1v) is 4.68. The van der Waals surface area contributed by atoms with Gasteiger partial charge < -0.3 is 9.84 Å². The van der Waals surface area contributed by atoms with E-state index in [1.54, 1.807) is 0 Å². The van der Waals surface area contributed by atoms with Crippen LogP contribution in [0.25, 0.3) is 0 Å². The maximum absolute atomic E-state index is 11.2. The van der Waals surface area contributed by atoms with Crippen LogP contribution in [0.2, 0.25) is 10.0 Å². The quantitative estimate of drug-likeness (QED) is 0.608. The van der Waals surface area contributed by atoms with Crippen LogP contribution in [0, 0.1) is 0 Å². The summed E-state index contributed by atoms with van der Waals surface area (Å²) in [5, 5.41) is 9.36. The highest BCUT2D eigenvalue weighted by Crippen LogP contribution is 2.39. The Hall–Kier alpha value is -1.10. The van der Waals surface area contributed by atoms with E-state index >= 15 is 0 Å². The second-order valence-corrected chi connectivity index (χ2v) is 3.71. The van der Waals surface area contributed by atoms with Gasteiger partial charge in [-0.3, -0.25) is 4.79 Å². The van der Waals surface area contributed by atoms with Crippen LogP contribution >= 0.6 is 23.2 Å². The fraction of sp³-hybridized carbons (Fsp3) is 0.111. The lowest BCUT2D eigenvalue weighted by Crippen LogP contribution is -1.97. The van der Waals surface area contributed by atoms with Crippen molar-refractivity contribution in [2.45, 2.75) is 6.29 Å². The molecule has 0 saturated carbocycles. The molecule has 1 aromatic carbocycles. The molecule has 1 unspecified atom stereocenters. The van der Waals surface area contributed by atoms with E-state index < -0.39 is 12.3 Å². The van der Waals surface area contributed by atoms with Crippen LogP contribution < -0.4 is 0 Å². The van der Waals surface area contributed by atoms with Crippen LogP contribution in [0.15, 0.2) is 6.07 Å². The highest BCUT2D eigenvalue weighted by molar-refractivity contribution is 6.39. The van der Waals surface area contributed by atoms with Gasteiger partial charge in [0.25, 0.3) is 0 Å². The van der Waals surface area contributed by atoms with Gasteiger partial charge in [0.2, 0.25) is 6.29 Å². The third kappa shape index (κ3) is 1.42. The lowest BCUT2D eigenvalue weighted by molar-refractivity contribution is -0.0547. The molecule has 1 heterocycles. The number of ether oxygens (including phenoxy) is 1. The number of aliphatic hydroxyl groups excluding tert-OH is 1. The van der Waals surface area contributed by atoms with Gasteiger partial charge >= 0.3 is 5.97 Å². The number of carbonyl (C=O) groups excluding carboxylic acids is 2. The molecule has 15 heavy (non-hydrogen) atoms. The third-order valence-electron chi connectivity index (χ3n) is 2.09. The molecule has 0 aliphatic carbocycles. The number of hydrogen-bond donors (Lipinski definition) is 1. The lowest BCUT2D eigenvalue weighted by Gasteiger charge is -2.06. The van der Waals surface area contributed by atoms with Gasteiger partial charge in [-0.15, -0.1) is 0 Å². The van der Waals surface area contributed by atoms with Gasteiger partial charge in [0, 0.05) is 0 Å². The van der Waals surface area contributed by atoms with Crippen molar-refractivity contribution in [3.05, 3.63) is 32.8 Å². The first-order valence-electron chi connectivity index (χ1n) is 3.92. The standard InChI is InChI=1S/C9H4Cl2O4/c10-5-1-3-6(7(11)4(5)2-12)9(14)15-8(3)13/h1-2,9,14H. The van der Waals surface area contributed by atoms with Crippen LogP contribution in [-0.4, -0.2) is 17.4 Å². The summed E-state index contributed by atoms with van der Waals surface area (Å²) in [4.78, 5) is 21.9. The normalized spacial score (nSPS) is 18.6. The van der Waals surface area contributed by atoms with Crippen molar-refractivity contribution >= 4 is 35.5 Å². The first-order chi connectivity index (χ1) is 7.06. The number of cyclic esters (lactones) is 1. The van der Waals surface area contributed by atoms with Crippen LogP contribution in [0.4, 0.5) is 0 Å². The Morgan fingerprint density at radius 2 is 2.13 bits per heavy atom. The van der Waals surface area contributed by atoms with Crippen molar-refractivity contribution in [3.63, 3.8) is 0 Å². The van der Waals surface area contributed by atoms with Gasteiger partial charge in [-0.1, -0.05) is 23.2 Å². The van der Waals surface area contributed by atoms with Crippen LogP contribution in [0.3, 0.4) is 0 Å². The Morgan fingerprint density at radius 3 is 2.73 bits per heavy atom. The Balaban J connectivity index is 2.77. The summed E-state index contributed by atoms with van der Waals surface area (Å²) in [6.45, 7) is 0. The number of halogens is 2. The zero-order chi connectivity index (χ0) is 11.2. The number of rotatable bonds is 1. The summed E-state index contributed by atoms with van der Waals surface area (Å²) in [6, 6.07) is 1.26. The van der Waals surface area contributed by atoms with Crippen molar-refractivity contribution < 1.29 is 19.4 Å². The summed E-state index contributed by atoms with van der Waals surface area (Å²) in [7, 11) is 0. The Kier molecular flexibility index (Phi) is 2.42. The van der Waals surface area contributed by atoms with E-state index in [4.69, 9.17) is 23.2 Å². The molecule has 6 heteroatoms. The second kappa shape index (κ2) is 3.48. The average molecular weight is 247 g/mol. The summed E-state index contributed by atoms with van der Waals surface area (Å²) in [6.07, 6.45) is -0.975. The number of esters is 1. The van der Waals surface area contributed by atoms with E-state index in [1.165, 1.54) is 6.07 Å². The smallest absolute Gasteiger partial charge is 0.341 e. The summed E-state index contributed by atoms with van der Waals surface area (Å²) in [5.41, 5.74) is 0.214. The molecule has 4 nitrogen and oxygen atoms in total. The number of aldehydes is 1. The highest BCUT2D eigenvalue weighted by atomic mass is 35.5. The van der Waals surface area contributed by atoms with Crippen molar-refractivity contribution in [1.82, 2.24) is 0 Å². The maximum atomic E-state index is 11.2. The van der Waals surface area contributed by atoms with E-state index in [-0.39, 0.29) is 26.7 Å². The predicted octanol–water partition coefficient (Wildman–Crippen LogP) is 1.97. The van der Waals surface area contributed by atoms with E-state index in [0.29, 0.717) is 6.29 Å². The van der Waals surface area contributed by atoms with Crippen LogP contribution in [0.5, 0.6) is 0 Å². The number of aliphatic hydroxyl groups is 1. The van der Waals surface area contributed by atoms with E-state index in [0.717, 1.165) is 0 Å². The summed E-state index contributed by atoms with van der Waals surface area (Å²) >= 11 is 11.5. The SMILES string of the molecule is O=Cc1c(Cl)cc2c(c1Cl)C(O)OC2=O. The Labute approximate surface area is 94.4 Å². The van der Waals surface area contributed by atoms with Crippen molar-refractivity contribution in [3.8, 4) is 0 Å². The maximum Gasteiger partial charge on any atom is 0.341 e. The third-order valence-corrected chi connectivity index (χ3v) is 2.81. The van der Waals surface area contributed by atoms with Crippen LogP contribution in [0.1, 0.15) is 32.6 Å². The fourth-order valence-corrected chi connectivity index (χ4v) is 2.03. The molecule has 1 atom stereocenters. The molecule has 0 bridgehead atoms. The van der Waals surface area contributed by atoms with E-state index in [1.807, 2.05) is 0 Å². The number of carbonyl (C=O) groups is 2. The average Bonchev–Trinajstić information content (AvgIpc) is 2.42. The van der Waals surface area contributed by atoms with Gasteiger partial charge in [0.05, 0.1) is 26.7 Å². The zero-order valence-electron chi connectivity index (χ0n) is 7.16. The molecule has 0 saturated heterocycles. The van der Waals surface area contributed by atoms with Gasteiger partial charge in [-0.2, -0.15) is 0 Å². The largest absolute Gasteiger partial charge is 0.428 e. The fourth-order valence-electron chi connectivity index (χ4n) is 1.39. The minimum atomic E-state index is -1.43. The Bertz CT molecular complexity index is 470. The van der Waals surface area contributed by atoms with Gasteiger partial charge in [-0.05, 0) is 6.07 Å². The van der Waals surface area contributed by atoms with Crippen molar-refractivity contribution in [1.29, 1.82) is 0 Å². The molecule has 0 radical (unpaired) electrons. The molecular formula is C9H4Cl2O4. The molecular weight excluding hydrogens is 243 g/mol. The van der Waals surface area contributed by atoms with Crippen molar-refractivity contribution in [2.24, 2.45) is 0 Å². The van der Waals surface area contributed by atoms with Gasteiger partial charge in [-0.25, -0.2) is 4.79 Å². The van der Waals surface area contributed by atoms with Gasteiger partial charge in [0.1, 0.15) is 0 Å². The Morgan fingerprint density at radius 1 is 1.47 bits per heavy atom. The second-order valence-electron chi connectivity index (χ2n) is 2.92. The minimum absolute atomic E-state index is 0.0365. The summed E-state index contributed by atoms with van der Waals surface area (Å²) < 4.78 is 4.52. The highest BCUT2D eigenvalue weighted by Gasteiger charge is 2.34. The predicted molar refractivity (Wildman–Crippen MR) is 52.2 cm³/mol. The molecule has 0 amide bonds. The monoisotopic (exact) mass is 246 g/mol. The summed E-state index contributed by atoms with van der Waals surface area (Å²) in [5.74, 6) is -0.709. The van der Waals surface area contributed by atoms with E-state index in [2.05, 4.69) is 4.74 Å². The molecule has 1 N–H and O–H groups in total. The molecule has 78 valence electrons. The minimum Gasteiger partial charge on any atom is -0.428 e. The molecule has 1 aliphatic heterocycles. The topological polar surface area (TPSA) is 63.6 Å². The number of hydrogen-bond acceptors (Lipinski definition) is 4. The van der Waals surface area contributed by atoms with Gasteiger partial charge in [0.15, 0.2) is 6.29 Å². The molecule has 1 aliphatic rings. The van der Waals surface area contributed by atoms with E-state index in [9.17, 15) is 14.7 Å². The first kappa shape index (κ1) is 10.4. The molecule has 0 fully saturated rings. The molecule has 2 rings (SSSR count). The zero-order valence-corrected chi connectivity index (χ0v) is 8.67.